The molecule has 2 N–H and O–H groups in total. The summed E-state index contributed by atoms with van der Waals surface area (Å²) >= 11 is 11.6. The Labute approximate surface area is 133 Å². The third-order valence-corrected chi connectivity index (χ3v) is 6.52. The molecule has 1 fully saturated rings. The molecule has 0 saturated heterocycles. The van der Waals surface area contributed by atoms with E-state index in [9.17, 15) is 8.42 Å². The van der Waals surface area contributed by atoms with E-state index in [0.717, 1.165) is 5.56 Å². The summed E-state index contributed by atoms with van der Waals surface area (Å²) in [4.78, 5) is 0.254. The van der Waals surface area contributed by atoms with Gasteiger partial charge in [-0.15, -0.1) is 0 Å². The van der Waals surface area contributed by atoms with Crippen LogP contribution in [-0.2, 0) is 9.84 Å². The molecule has 110 valence electrons. The lowest BCUT2D eigenvalue weighted by molar-refractivity contribution is 0.593. The van der Waals surface area contributed by atoms with Crippen molar-refractivity contribution in [3.8, 4) is 0 Å². The van der Waals surface area contributed by atoms with Crippen molar-refractivity contribution in [3.05, 3.63) is 64.1 Å². The third kappa shape index (κ3) is 2.69. The van der Waals surface area contributed by atoms with Crippen LogP contribution in [-0.4, -0.2) is 19.7 Å². The van der Waals surface area contributed by atoms with Gasteiger partial charge in [0.05, 0.1) is 10.1 Å². The number of rotatable bonds is 3. The summed E-state index contributed by atoms with van der Waals surface area (Å²) in [6, 6.07) is 12.9. The summed E-state index contributed by atoms with van der Waals surface area (Å²) in [6.45, 7) is 0. The number of benzene rings is 2. The van der Waals surface area contributed by atoms with Gasteiger partial charge in [0.25, 0.3) is 0 Å². The molecule has 0 unspecified atom stereocenters. The first-order valence-corrected chi connectivity index (χ1v) is 8.72. The number of sulfone groups is 1. The lowest BCUT2D eigenvalue weighted by Crippen LogP contribution is -2.15. The van der Waals surface area contributed by atoms with E-state index in [1.165, 1.54) is 12.1 Å². The maximum atomic E-state index is 12.6. The van der Waals surface area contributed by atoms with Crippen LogP contribution >= 0.6 is 23.2 Å². The first-order valence-electron chi connectivity index (χ1n) is 6.42. The average molecular weight is 342 g/mol. The smallest absolute Gasteiger partial charge is 0.183 e. The van der Waals surface area contributed by atoms with Crippen molar-refractivity contribution in [2.24, 2.45) is 5.73 Å². The second-order valence-electron chi connectivity index (χ2n) is 5.12. The van der Waals surface area contributed by atoms with Crippen molar-refractivity contribution < 1.29 is 8.42 Å². The first-order chi connectivity index (χ1) is 9.91. The second kappa shape index (κ2) is 5.29. The predicted molar refractivity (Wildman–Crippen MR) is 84.6 cm³/mol. The van der Waals surface area contributed by atoms with E-state index in [-0.39, 0.29) is 10.8 Å². The normalized spacial score (nSPS) is 24.8. The number of hydrogen-bond acceptors (Lipinski definition) is 3. The quantitative estimate of drug-likeness (QED) is 0.931. The van der Waals surface area contributed by atoms with Crippen molar-refractivity contribution in [3.63, 3.8) is 0 Å². The molecule has 1 aliphatic carbocycles. The Morgan fingerprint density at radius 2 is 1.33 bits per heavy atom. The predicted octanol–water partition coefficient (Wildman–Crippen LogP) is 3.26. The molecule has 3 rings (SSSR count). The summed E-state index contributed by atoms with van der Waals surface area (Å²) < 4.78 is 25.2. The highest BCUT2D eigenvalue weighted by molar-refractivity contribution is 7.92. The Balaban J connectivity index is 1.91. The largest absolute Gasteiger partial charge is 0.326 e. The molecule has 1 saturated carbocycles. The highest BCUT2D eigenvalue weighted by Crippen LogP contribution is 2.47. The van der Waals surface area contributed by atoms with Crippen molar-refractivity contribution in [2.45, 2.75) is 22.1 Å². The summed E-state index contributed by atoms with van der Waals surface area (Å²) in [7, 11) is -3.46. The molecule has 0 aromatic heterocycles. The zero-order valence-electron chi connectivity index (χ0n) is 10.9. The van der Waals surface area contributed by atoms with Crippen molar-refractivity contribution in [1.29, 1.82) is 0 Å². The molecule has 3 atom stereocenters. The Bertz CT molecular complexity index is 757. The molecule has 2 aromatic carbocycles. The second-order valence-corrected chi connectivity index (χ2v) is 8.10. The van der Waals surface area contributed by atoms with Gasteiger partial charge >= 0.3 is 0 Å². The molecule has 6 heteroatoms. The van der Waals surface area contributed by atoms with Gasteiger partial charge in [-0.3, -0.25) is 0 Å². The highest BCUT2D eigenvalue weighted by atomic mass is 35.5. The van der Waals surface area contributed by atoms with Gasteiger partial charge in [0, 0.05) is 22.0 Å². The zero-order chi connectivity index (χ0) is 15.2. The van der Waals surface area contributed by atoms with Crippen LogP contribution < -0.4 is 5.73 Å². The third-order valence-electron chi connectivity index (χ3n) is 3.76. The summed E-state index contributed by atoms with van der Waals surface area (Å²) in [5.74, 6) is -0.192. The Morgan fingerprint density at radius 3 is 1.86 bits per heavy atom. The van der Waals surface area contributed by atoms with Gasteiger partial charge in [0.1, 0.15) is 0 Å². The fourth-order valence-corrected chi connectivity index (χ4v) is 4.88. The van der Waals surface area contributed by atoms with E-state index in [2.05, 4.69) is 0 Å². The van der Waals surface area contributed by atoms with Gasteiger partial charge < -0.3 is 5.73 Å². The van der Waals surface area contributed by atoms with Gasteiger partial charge in [0.15, 0.2) is 9.84 Å². The summed E-state index contributed by atoms with van der Waals surface area (Å²) in [5.41, 5.74) is 6.89. The van der Waals surface area contributed by atoms with Gasteiger partial charge in [-0.05, 0) is 42.0 Å². The Hall–Kier alpha value is -1.07. The van der Waals surface area contributed by atoms with Crippen LogP contribution in [0, 0.1) is 0 Å². The van der Waals surface area contributed by atoms with E-state index in [0.29, 0.717) is 10.0 Å². The molecule has 1 aliphatic rings. The van der Waals surface area contributed by atoms with Gasteiger partial charge in [-0.25, -0.2) is 8.42 Å². The minimum atomic E-state index is -3.46. The van der Waals surface area contributed by atoms with Crippen LogP contribution in [0.1, 0.15) is 11.5 Å². The van der Waals surface area contributed by atoms with Gasteiger partial charge in [-0.1, -0.05) is 35.3 Å². The molecule has 0 aliphatic heterocycles. The van der Waals surface area contributed by atoms with Crippen molar-refractivity contribution in [1.82, 2.24) is 0 Å². The van der Waals surface area contributed by atoms with Crippen LogP contribution in [0.2, 0.25) is 10.0 Å². The van der Waals surface area contributed by atoms with E-state index in [1.807, 2.05) is 12.1 Å². The van der Waals surface area contributed by atoms with Gasteiger partial charge in [0.2, 0.25) is 0 Å². The number of halogens is 2. The molecule has 2 aromatic rings. The number of nitrogens with two attached hydrogens (primary N) is 1. The Morgan fingerprint density at radius 1 is 0.857 bits per heavy atom. The molecule has 3 nitrogen and oxygen atoms in total. The fourth-order valence-electron chi connectivity index (χ4n) is 2.58. The van der Waals surface area contributed by atoms with Crippen molar-refractivity contribution in [2.75, 3.05) is 0 Å². The van der Waals surface area contributed by atoms with Crippen LogP contribution in [0.4, 0.5) is 0 Å². The maximum absolute atomic E-state index is 12.6. The zero-order valence-corrected chi connectivity index (χ0v) is 13.2. The van der Waals surface area contributed by atoms with Gasteiger partial charge in [-0.2, -0.15) is 0 Å². The van der Waals surface area contributed by atoms with E-state index < -0.39 is 21.1 Å². The molecule has 0 radical (unpaired) electrons. The van der Waals surface area contributed by atoms with Crippen LogP contribution in [0.3, 0.4) is 0 Å². The molecule has 0 bridgehead atoms. The average Bonchev–Trinajstić information content (AvgIpc) is 3.12. The maximum Gasteiger partial charge on any atom is 0.183 e. The minimum absolute atomic E-state index is 0.192. The van der Waals surface area contributed by atoms with E-state index in [1.54, 1.807) is 24.3 Å². The van der Waals surface area contributed by atoms with Crippen LogP contribution in [0.25, 0.3) is 0 Å². The standard InChI is InChI=1S/C15H13Cl2NO2S/c16-10-3-1-9(2-4-10)13-14(18)15(13)21(19,20)12-7-5-11(17)6-8-12/h1-8,13-15H,18H2/t13-,14+,15+/m0/s1. The molecular weight excluding hydrogens is 329 g/mol. The molecule has 0 heterocycles. The highest BCUT2D eigenvalue weighted by Gasteiger charge is 2.57. The summed E-state index contributed by atoms with van der Waals surface area (Å²) in [5, 5.41) is 0.522. The fraction of sp³-hybridized carbons (Fsp3) is 0.200. The summed E-state index contributed by atoms with van der Waals surface area (Å²) in [6.07, 6.45) is 0. The lowest BCUT2D eigenvalue weighted by Gasteiger charge is -2.04. The topological polar surface area (TPSA) is 60.2 Å². The van der Waals surface area contributed by atoms with Crippen LogP contribution in [0.5, 0.6) is 0 Å². The molecular formula is C15H13Cl2NO2S. The van der Waals surface area contributed by atoms with E-state index in [4.69, 9.17) is 28.9 Å². The van der Waals surface area contributed by atoms with E-state index >= 15 is 0 Å². The minimum Gasteiger partial charge on any atom is -0.326 e. The molecule has 21 heavy (non-hydrogen) atoms. The molecule has 0 amide bonds. The Kier molecular flexibility index (Phi) is 3.74. The monoisotopic (exact) mass is 341 g/mol. The van der Waals surface area contributed by atoms with Crippen molar-refractivity contribution >= 4 is 33.0 Å². The molecule has 0 spiro atoms. The van der Waals surface area contributed by atoms with Crippen LogP contribution in [0.15, 0.2) is 53.4 Å². The number of hydrogen-bond donors (Lipinski definition) is 1. The lowest BCUT2D eigenvalue weighted by atomic mass is 10.1. The SMILES string of the molecule is N[C@@H]1[C@H](c2ccc(Cl)cc2)[C@H]1S(=O)(=O)c1ccc(Cl)cc1. The first kappa shape index (κ1) is 14.9.